The number of amides is 3. The van der Waals surface area contributed by atoms with Crippen LogP contribution in [0.25, 0.3) is 0 Å². The van der Waals surface area contributed by atoms with Gasteiger partial charge in [-0.1, -0.05) is 49.6 Å². The highest BCUT2D eigenvalue weighted by Gasteiger charge is 2.55. The van der Waals surface area contributed by atoms with Gasteiger partial charge in [0.15, 0.2) is 0 Å². The third-order valence-corrected chi connectivity index (χ3v) is 7.62. The maximum atomic E-state index is 13.7. The Bertz CT molecular complexity index is 1080. The number of carbonyl (C=O) groups is 2. The van der Waals surface area contributed by atoms with Crippen molar-refractivity contribution in [3.63, 3.8) is 0 Å². The first kappa shape index (κ1) is 26.0. The van der Waals surface area contributed by atoms with E-state index >= 15 is 0 Å². The Balaban J connectivity index is 1.41. The second-order valence-electron chi connectivity index (χ2n) is 10.1. The van der Waals surface area contributed by atoms with Crippen molar-refractivity contribution in [1.82, 2.24) is 25.1 Å². The summed E-state index contributed by atoms with van der Waals surface area (Å²) in [6, 6.07) is 10.0. The molecule has 0 bridgehead atoms. The molecule has 7 nitrogen and oxygen atoms in total. The highest BCUT2D eigenvalue weighted by molar-refractivity contribution is 6.07. The number of unbranched alkanes of at least 4 members (excludes halogenated alkanes) is 1. The summed E-state index contributed by atoms with van der Waals surface area (Å²) >= 11 is 0. The fraction of sp³-hybridized carbons (Fsp3) is 0.552. The molecule has 0 aliphatic carbocycles. The molecule has 2 fully saturated rings. The number of aromatic amines is 1. The molecule has 3 amide bonds. The molecule has 1 aromatic heterocycles. The second kappa shape index (κ2) is 12.2. The number of carbonyl (C=O) groups excluding carboxylic acids is 2. The Kier molecular flexibility index (Phi) is 8.82. The summed E-state index contributed by atoms with van der Waals surface area (Å²) in [5.41, 5.74) is 1.56. The van der Waals surface area contributed by atoms with Crippen LogP contribution in [0, 0.1) is 17.8 Å². The van der Waals surface area contributed by atoms with E-state index in [0.717, 1.165) is 76.1 Å². The van der Waals surface area contributed by atoms with Gasteiger partial charge < -0.3 is 10.3 Å². The molecule has 192 valence electrons. The molecule has 3 heterocycles. The van der Waals surface area contributed by atoms with E-state index in [9.17, 15) is 9.59 Å². The van der Waals surface area contributed by atoms with E-state index in [1.165, 1.54) is 10.5 Å². The number of H-pyrrole nitrogens is 1. The fourth-order valence-electron chi connectivity index (χ4n) is 5.59. The predicted octanol–water partition coefficient (Wildman–Crippen LogP) is 4.30. The van der Waals surface area contributed by atoms with Gasteiger partial charge >= 0.3 is 6.03 Å². The summed E-state index contributed by atoms with van der Waals surface area (Å²) in [4.78, 5) is 38.3. The van der Waals surface area contributed by atoms with E-state index in [-0.39, 0.29) is 24.4 Å². The third kappa shape index (κ3) is 5.99. The highest BCUT2D eigenvalue weighted by Crippen LogP contribution is 2.37. The summed E-state index contributed by atoms with van der Waals surface area (Å²) in [5, 5.41) is 3.15. The molecule has 2 aromatic rings. The van der Waals surface area contributed by atoms with Crippen molar-refractivity contribution in [2.24, 2.45) is 5.92 Å². The first-order chi connectivity index (χ1) is 17.6. The molecule has 2 aliphatic rings. The van der Waals surface area contributed by atoms with Crippen molar-refractivity contribution in [1.29, 1.82) is 0 Å². The minimum absolute atomic E-state index is 0.101. The SMILES string of the molecule is CC#CCN1C(=O)NC(CCCc2ccccc2)(C2CCN(Cc3cnc(CCCC)[nH]3)CC2)C1=O. The van der Waals surface area contributed by atoms with Gasteiger partial charge in [0.2, 0.25) is 0 Å². The maximum absolute atomic E-state index is 13.7. The largest absolute Gasteiger partial charge is 0.345 e. The van der Waals surface area contributed by atoms with Gasteiger partial charge in [-0.05, 0) is 70.0 Å². The molecule has 2 saturated heterocycles. The number of hydrogen-bond acceptors (Lipinski definition) is 4. The summed E-state index contributed by atoms with van der Waals surface area (Å²) in [7, 11) is 0. The summed E-state index contributed by atoms with van der Waals surface area (Å²) in [5.74, 6) is 6.79. The summed E-state index contributed by atoms with van der Waals surface area (Å²) < 4.78 is 0. The van der Waals surface area contributed by atoms with E-state index in [2.05, 4.69) is 51.1 Å². The Morgan fingerprint density at radius 1 is 1.11 bits per heavy atom. The van der Waals surface area contributed by atoms with Crippen LogP contribution in [0.2, 0.25) is 0 Å². The zero-order valence-corrected chi connectivity index (χ0v) is 21.7. The number of hydrogen-bond donors (Lipinski definition) is 2. The van der Waals surface area contributed by atoms with E-state index in [1.807, 2.05) is 24.4 Å². The quantitative estimate of drug-likeness (QED) is 0.364. The van der Waals surface area contributed by atoms with Gasteiger partial charge in [-0.25, -0.2) is 9.78 Å². The van der Waals surface area contributed by atoms with Crippen LogP contribution in [0.15, 0.2) is 36.5 Å². The summed E-state index contributed by atoms with van der Waals surface area (Å²) in [6.45, 7) is 6.70. The Hall–Kier alpha value is -3.11. The van der Waals surface area contributed by atoms with Crippen LogP contribution in [0.1, 0.15) is 69.5 Å². The van der Waals surface area contributed by atoms with Crippen molar-refractivity contribution in [2.75, 3.05) is 19.6 Å². The van der Waals surface area contributed by atoms with Crippen molar-refractivity contribution in [3.05, 3.63) is 53.6 Å². The number of rotatable bonds is 11. The molecule has 36 heavy (non-hydrogen) atoms. The minimum atomic E-state index is -0.839. The predicted molar refractivity (Wildman–Crippen MR) is 141 cm³/mol. The van der Waals surface area contributed by atoms with E-state index in [0.29, 0.717) is 6.42 Å². The molecule has 2 aliphatic heterocycles. The van der Waals surface area contributed by atoms with Gasteiger partial charge in [0.1, 0.15) is 11.4 Å². The smallest absolute Gasteiger partial charge is 0.325 e. The van der Waals surface area contributed by atoms with E-state index < -0.39 is 5.54 Å². The average Bonchev–Trinajstić information content (AvgIpc) is 3.44. The molecule has 1 unspecified atom stereocenters. The van der Waals surface area contributed by atoms with Crippen molar-refractivity contribution in [2.45, 2.75) is 77.3 Å². The van der Waals surface area contributed by atoms with E-state index in [4.69, 9.17) is 0 Å². The van der Waals surface area contributed by atoms with Crippen LogP contribution in [0.5, 0.6) is 0 Å². The highest BCUT2D eigenvalue weighted by atomic mass is 16.2. The normalized spacial score (nSPS) is 20.9. The van der Waals surface area contributed by atoms with Crippen molar-refractivity contribution in [3.8, 4) is 11.8 Å². The molecule has 1 aromatic carbocycles. The second-order valence-corrected chi connectivity index (χ2v) is 10.1. The number of urea groups is 1. The Labute approximate surface area is 215 Å². The van der Waals surface area contributed by atoms with Crippen LogP contribution in [0.3, 0.4) is 0 Å². The van der Waals surface area contributed by atoms with Gasteiger partial charge in [-0.3, -0.25) is 14.6 Å². The number of imidazole rings is 1. The van der Waals surface area contributed by atoms with Crippen LogP contribution in [-0.2, 0) is 24.2 Å². The maximum Gasteiger partial charge on any atom is 0.325 e. The molecule has 4 rings (SSSR count). The van der Waals surface area contributed by atoms with Crippen LogP contribution >= 0.6 is 0 Å². The minimum Gasteiger partial charge on any atom is -0.345 e. The molecule has 1 atom stereocenters. The molecule has 0 radical (unpaired) electrons. The standard InChI is InChI=1S/C29H39N5O2/c1-3-5-14-26-30-21-25(31-26)22-33-19-15-24(16-20-33)29(17-10-13-23-11-8-7-9-12-23)27(35)34(18-6-4-2)28(36)32-29/h7-9,11-12,21,24H,3,5,10,13-20,22H2,1-2H3,(H,30,31)(H,32,36). The zero-order chi connectivity index (χ0) is 25.4. The van der Waals surface area contributed by atoms with Crippen molar-refractivity contribution >= 4 is 11.9 Å². The Morgan fingerprint density at radius 2 is 1.89 bits per heavy atom. The average molecular weight is 490 g/mol. The first-order valence-electron chi connectivity index (χ1n) is 13.4. The van der Waals surface area contributed by atoms with Crippen LogP contribution in [-0.4, -0.2) is 56.9 Å². The fourth-order valence-corrected chi connectivity index (χ4v) is 5.59. The number of nitrogens with one attached hydrogen (secondary N) is 2. The van der Waals surface area contributed by atoms with Gasteiger partial charge in [0.05, 0.1) is 6.54 Å². The lowest BCUT2D eigenvalue weighted by Crippen LogP contribution is -2.56. The topological polar surface area (TPSA) is 81.3 Å². The lowest BCUT2D eigenvalue weighted by molar-refractivity contribution is -0.134. The molecular formula is C29H39N5O2. The molecular weight excluding hydrogens is 450 g/mol. The number of piperidine rings is 1. The number of aromatic nitrogens is 2. The summed E-state index contributed by atoms with van der Waals surface area (Å²) in [6.07, 6.45) is 9.38. The van der Waals surface area contributed by atoms with Gasteiger partial charge in [0.25, 0.3) is 5.91 Å². The zero-order valence-electron chi connectivity index (χ0n) is 21.7. The monoisotopic (exact) mass is 489 g/mol. The van der Waals surface area contributed by atoms with Crippen LogP contribution in [0.4, 0.5) is 4.79 Å². The molecule has 2 N–H and O–H groups in total. The number of likely N-dealkylation sites (tertiary alicyclic amines) is 1. The molecule has 0 spiro atoms. The van der Waals surface area contributed by atoms with Crippen molar-refractivity contribution < 1.29 is 9.59 Å². The van der Waals surface area contributed by atoms with Crippen LogP contribution < -0.4 is 5.32 Å². The number of aryl methyl sites for hydroxylation is 2. The number of imide groups is 1. The third-order valence-electron chi connectivity index (χ3n) is 7.62. The first-order valence-corrected chi connectivity index (χ1v) is 13.4. The lowest BCUT2D eigenvalue weighted by atomic mass is 9.74. The van der Waals surface area contributed by atoms with Gasteiger partial charge in [0, 0.05) is 24.9 Å². The number of nitrogens with zero attached hydrogens (tertiary/aromatic N) is 3. The molecule has 7 heteroatoms. The van der Waals surface area contributed by atoms with Gasteiger partial charge in [-0.15, -0.1) is 5.92 Å². The Morgan fingerprint density at radius 3 is 2.61 bits per heavy atom. The van der Waals surface area contributed by atoms with Gasteiger partial charge in [-0.2, -0.15) is 0 Å². The lowest BCUT2D eigenvalue weighted by Gasteiger charge is -2.41. The number of benzene rings is 1. The molecule has 0 saturated carbocycles. The van der Waals surface area contributed by atoms with E-state index in [1.54, 1.807) is 6.92 Å².